The van der Waals surface area contributed by atoms with Crippen LogP contribution in [0.15, 0.2) is 4.52 Å². The topological polar surface area (TPSA) is 74.2 Å². The second-order valence-electron chi connectivity index (χ2n) is 5.07. The number of nitrogens with two attached hydrogens (primary N) is 1. The molecule has 0 aromatic carbocycles. The van der Waals surface area contributed by atoms with Crippen LogP contribution in [0.3, 0.4) is 0 Å². The van der Waals surface area contributed by atoms with E-state index in [4.69, 9.17) is 15.0 Å². The Bertz CT molecular complexity index is 345. The van der Waals surface area contributed by atoms with Crippen LogP contribution in [0.5, 0.6) is 0 Å². The Kier molecular flexibility index (Phi) is 4.12. The van der Waals surface area contributed by atoms with Crippen molar-refractivity contribution in [3.8, 4) is 0 Å². The maximum absolute atomic E-state index is 5.73. The molecule has 0 saturated carbocycles. The van der Waals surface area contributed by atoms with Crippen LogP contribution in [0.1, 0.15) is 37.9 Å². The molecule has 5 nitrogen and oxygen atoms in total. The van der Waals surface area contributed by atoms with E-state index in [2.05, 4.69) is 24.0 Å². The Morgan fingerprint density at radius 3 is 2.88 bits per heavy atom. The van der Waals surface area contributed by atoms with Crippen LogP contribution in [0.2, 0.25) is 0 Å². The van der Waals surface area contributed by atoms with Crippen molar-refractivity contribution in [2.24, 2.45) is 17.6 Å². The molecule has 1 saturated heterocycles. The maximum Gasteiger partial charge on any atom is 0.231 e. The number of aromatic nitrogens is 2. The van der Waals surface area contributed by atoms with Gasteiger partial charge in [-0.1, -0.05) is 19.0 Å². The first kappa shape index (κ1) is 12.5. The van der Waals surface area contributed by atoms with Crippen LogP contribution < -0.4 is 5.73 Å². The minimum Gasteiger partial charge on any atom is -0.381 e. The molecule has 2 unspecified atom stereocenters. The van der Waals surface area contributed by atoms with Gasteiger partial charge in [-0.05, 0) is 18.3 Å². The molecule has 2 rings (SSSR count). The number of hydrogen-bond donors (Lipinski definition) is 1. The smallest absolute Gasteiger partial charge is 0.231 e. The summed E-state index contributed by atoms with van der Waals surface area (Å²) < 4.78 is 10.6. The van der Waals surface area contributed by atoms with Crippen LogP contribution in [0, 0.1) is 11.8 Å². The van der Waals surface area contributed by atoms with Crippen LogP contribution >= 0.6 is 0 Å². The van der Waals surface area contributed by atoms with Crippen molar-refractivity contribution in [1.82, 2.24) is 10.1 Å². The maximum atomic E-state index is 5.73. The lowest BCUT2D eigenvalue weighted by Gasteiger charge is -2.13. The lowest BCUT2D eigenvalue weighted by molar-refractivity contribution is 0.185. The van der Waals surface area contributed by atoms with Gasteiger partial charge in [0, 0.05) is 26.2 Å². The molecule has 96 valence electrons. The molecule has 2 atom stereocenters. The van der Waals surface area contributed by atoms with Crippen LogP contribution in [0.25, 0.3) is 0 Å². The molecule has 0 amide bonds. The highest BCUT2D eigenvalue weighted by Crippen LogP contribution is 2.23. The van der Waals surface area contributed by atoms with Crippen molar-refractivity contribution in [3.63, 3.8) is 0 Å². The van der Waals surface area contributed by atoms with Crippen molar-refractivity contribution >= 4 is 0 Å². The SMILES string of the molecule is CC(C)C(CN)c1nc(CC2CCOC2)no1. The molecule has 0 spiro atoms. The minimum atomic E-state index is 0.163. The largest absolute Gasteiger partial charge is 0.381 e. The second-order valence-corrected chi connectivity index (χ2v) is 5.07. The van der Waals surface area contributed by atoms with E-state index < -0.39 is 0 Å². The van der Waals surface area contributed by atoms with Gasteiger partial charge in [0.2, 0.25) is 5.89 Å². The summed E-state index contributed by atoms with van der Waals surface area (Å²) in [6, 6.07) is 0. The third-order valence-electron chi connectivity index (χ3n) is 3.35. The average Bonchev–Trinajstić information content (AvgIpc) is 2.91. The van der Waals surface area contributed by atoms with E-state index in [1.165, 1.54) is 0 Å². The fourth-order valence-electron chi connectivity index (χ4n) is 2.16. The van der Waals surface area contributed by atoms with Gasteiger partial charge in [-0.25, -0.2) is 0 Å². The summed E-state index contributed by atoms with van der Waals surface area (Å²) in [5, 5.41) is 4.03. The quantitative estimate of drug-likeness (QED) is 0.839. The van der Waals surface area contributed by atoms with Gasteiger partial charge in [0.15, 0.2) is 5.82 Å². The van der Waals surface area contributed by atoms with E-state index in [9.17, 15) is 0 Å². The van der Waals surface area contributed by atoms with Crippen molar-refractivity contribution in [2.75, 3.05) is 19.8 Å². The lowest BCUT2D eigenvalue weighted by atomic mass is 9.96. The predicted molar refractivity (Wildman–Crippen MR) is 63.6 cm³/mol. The zero-order valence-electron chi connectivity index (χ0n) is 10.6. The second kappa shape index (κ2) is 5.60. The van der Waals surface area contributed by atoms with Crippen LogP contribution in [-0.4, -0.2) is 29.9 Å². The van der Waals surface area contributed by atoms with E-state index in [0.29, 0.717) is 24.3 Å². The highest BCUT2D eigenvalue weighted by Gasteiger charge is 2.23. The first-order valence-electron chi connectivity index (χ1n) is 6.31. The summed E-state index contributed by atoms with van der Waals surface area (Å²) in [5.41, 5.74) is 5.73. The summed E-state index contributed by atoms with van der Waals surface area (Å²) in [6.45, 7) is 6.45. The number of rotatable bonds is 5. The Morgan fingerprint density at radius 1 is 1.47 bits per heavy atom. The van der Waals surface area contributed by atoms with E-state index in [1.54, 1.807) is 0 Å². The van der Waals surface area contributed by atoms with Gasteiger partial charge < -0.3 is 15.0 Å². The summed E-state index contributed by atoms with van der Waals surface area (Å²) in [5.74, 6) is 2.58. The molecule has 2 N–H and O–H groups in total. The highest BCUT2D eigenvalue weighted by atomic mass is 16.5. The first-order chi connectivity index (χ1) is 8.20. The molecule has 1 aromatic rings. The van der Waals surface area contributed by atoms with E-state index in [0.717, 1.165) is 31.9 Å². The van der Waals surface area contributed by atoms with Crippen LogP contribution in [-0.2, 0) is 11.2 Å². The van der Waals surface area contributed by atoms with Gasteiger partial charge in [0.05, 0.1) is 5.92 Å². The number of nitrogens with zero attached hydrogens (tertiary/aromatic N) is 2. The molecule has 17 heavy (non-hydrogen) atoms. The summed E-state index contributed by atoms with van der Waals surface area (Å²) in [7, 11) is 0. The van der Waals surface area contributed by atoms with Gasteiger partial charge in [0.1, 0.15) is 0 Å². The van der Waals surface area contributed by atoms with Gasteiger partial charge in [-0.2, -0.15) is 4.98 Å². The molecule has 1 aliphatic rings. The summed E-state index contributed by atoms with van der Waals surface area (Å²) >= 11 is 0. The van der Waals surface area contributed by atoms with Crippen molar-refractivity contribution < 1.29 is 9.26 Å². The molecular weight excluding hydrogens is 218 g/mol. The predicted octanol–water partition coefficient (Wildman–Crippen LogP) is 1.35. The Morgan fingerprint density at radius 2 is 2.29 bits per heavy atom. The Hall–Kier alpha value is -0.940. The zero-order chi connectivity index (χ0) is 12.3. The summed E-state index contributed by atoms with van der Waals surface area (Å²) in [4.78, 5) is 4.45. The third kappa shape index (κ3) is 3.04. The third-order valence-corrected chi connectivity index (χ3v) is 3.35. The molecule has 2 heterocycles. The van der Waals surface area contributed by atoms with Gasteiger partial charge >= 0.3 is 0 Å². The fourth-order valence-corrected chi connectivity index (χ4v) is 2.16. The first-order valence-corrected chi connectivity index (χ1v) is 6.31. The van der Waals surface area contributed by atoms with E-state index >= 15 is 0 Å². The summed E-state index contributed by atoms with van der Waals surface area (Å²) in [6.07, 6.45) is 1.94. The van der Waals surface area contributed by atoms with Crippen molar-refractivity contribution in [2.45, 2.75) is 32.6 Å². The number of hydrogen-bond acceptors (Lipinski definition) is 5. The standard InChI is InChI=1S/C12H21N3O2/c1-8(2)10(6-13)12-14-11(15-17-12)5-9-3-4-16-7-9/h8-10H,3-7,13H2,1-2H3. The molecule has 0 bridgehead atoms. The molecular formula is C12H21N3O2. The number of ether oxygens (including phenoxy) is 1. The molecule has 5 heteroatoms. The molecule has 1 fully saturated rings. The highest BCUT2D eigenvalue weighted by molar-refractivity contribution is 4.97. The lowest BCUT2D eigenvalue weighted by Crippen LogP contribution is -2.18. The van der Waals surface area contributed by atoms with Gasteiger partial charge in [-0.3, -0.25) is 0 Å². The zero-order valence-corrected chi connectivity index (χ0v) is 10.6. The molecule has 0 radical (unpaired) electrons. The van der Waals surface area contributed by atoms with Crippen molar-refractivity contribution in [1.29, 1.82) is 0 Å². The monoisotopic (exact) mass is 239 g/mol. The van der Waals surface area contributed by atoms with Crippen molar-refractivity contribution in [3.05, 3.63) is 11.7 Å². The van der Waals surface area contributed by atoms with Gasteiger partial charge in [-0.15, -0.1) is 0 Å². The molecule has 0 aliphatic carbocycles. The minimum absolute atomic E-state index is 0.163. The average molecular weight is 239 g/mol. The van der Waals surface area contributed by atoms with E-state index in [-0.39, 0.29) is 5.92 Å². The van der Waals surface area contributed by atoms with Gasteiger partial charge in [0.25, 0.3) is 0 Å². The van der Waals surface area contributed by atoms with Crippen LogP contribution in [0.4, 0.5) is 0 Å². The normalized spacial score (nSPS) is 22.2. The molecule has 1 aliphatic heterocycles. The van der Waals surface area contributed by atoms with E-state index in [1.807, 2.05) is 0 Å². The molecule has 1 aromatic heterocycles. The Labute approximate surface area is 102 Å². The Balaban J connectivity index is 1.99. The fraction of sp³-hybridized carbons (Fsp3) is 0.833.